The minimum Gasteiger partial charge on any atom is -0.396 e. The average Bonchev–Trinajstić information content (AvgIpc) is 2.32. The second-order valence-electron chi connectivity index (χ2n) is 2.72. The molecule has 1 aromatic rings. The Morgan fingerprint density at radius 3 is 2.67 bits per heavy atom. The van der Waals surface area contributed by atoms with Crippen LogP contribution in [-0.2, 0) is 0 Å². The summed E-state index contributed by atoms with van der Waals surface area (Å²) in [4.78, 5) is 11.3. The van der Waals surface area contributed by atoms with Crippen molar-refractivity contribution in [2.45, 2.75) is 19.9 Å². The van der Waals surface area contributed by atoms with Gasteiger partial charge in [0.2, 0.25) is 0 Å². The number of hydrogen-bond acceptors (Lipinski definition) is 4. The van der Waals surface area contributed by atoms with E-state index < -0.39 is 6.04 Å². The molecular weight excluding hydrogens is 156 g/mol. The van der Waals surface area contributed by atoms with Crippen molar-refractivity contribution in [3.8, 4) is 0 Å². The van der Waals surface area contributed by atoms with E-state index in [-0.39, 0.29) is 5.91 Å². The quantitative estimate of drug-likeness (QED) is 0.606. The lowest BCUT2D eigenvalue weighted by atomic mass is 10.3. The number of nitrogens with zero attached hydrogens (tertiary/aromatic N) is 2. The van der Waals surface area contributed by atoms with Crippen LogP contribution in [0.5, 0.6) is 0 Å². The fraction of sp³-hybridized carbons (Fsp3) is 0.429. The predicted molar refractivity (Wildman–Crippen MR) is 45.7 cm³/mol. The Kier molecular flexibility index (Phi) is 2.14. The maximum Gasteiger partial charge on any atom is 0.263 e. The SMILES string of the molecule is Cc1c(N)cnn1C(=O)[C@H](C)N. The highest BCUT2D eigenvalue weighted by molar-refractivity contribution is 5.84. The highest BCUT2D eigenvalue weighted by Crippen LogP contribution is 2.08. The van der Waals surface area contributed by atoms with Gasteiger partial charge in [0.25, 0.3) is 5.91 Å². The molecule has 0 saturated heterocycles. The van der Waals surface area contributed by atoms with Crippen molar-refractivity contribution in [3.63, 3.8) is 0 Å². The normalized spacial score (nSPS) is 12.9. The summed E-state index contributed by atoms with van der Waals surface area (Å²) in [7, 11) is 0. The van der Waals surface area contributed by atoms with Gasteiger partial charge >= 0.3 is 0 Å². The first-order chi connectivity index (χ1) is 5.54. The largest absolute Gasteiger partial charge is 0.396 e. The van der Waals surface area contributed by atoms with Crippen LogP contribution < -0.4 is 11.5 Å². The van der Waals surface area contributed by atoms with Gasteiger partial charge in [0, 0.05) is 0 Å². The lowest BCUT2D eigenvalue weighted by Gasteiger charge is -2.05. The van der Waals surface area contributed by atoms with Gasteiger partial charge in [-0.2, -0.15) is 5.10 Å². The van der Waals surface area contributed by atoms with Crippen LogP contribution in [0.25, 0.3) is 0 Å². The number of nitrogen functional groups attached to an aromatic ring is 1. The smallest absolute Gasteiger partial charge is 0.263 e. The molecule has 5 heteroatoms. The number of carbonyl (C=O) groups is 1. The number of nitrogens with two attached hydrogens (primary N) is 2. The molecule has 0 bridgehead atoms. The maximum absolute atomic E-state index is 11.3. The summed E-state index contributed by atoms with van der Waals surface area (Å²) in [5, 5.41) is 3.80. The molecule has 0 fully saturated rings. The van der Waals surface area contributed by atoms with Crippen molar-refractivity contribution in [2.24, 2.45) is 5.73 Å². The van der Waals surface area contributed by atoms with Gasteiger partial charge in [-0.15, -0.1) is 0 Å². The maximum atomic E-state index is 11.3. The topological polar surface area (TPSA) is 86.9 Å². The van der Waals surface area contributed by atoms with E-state index in [0.717, 1.165) is 0 Å². The fourth-order valence-corrected chi connectivity index (χ4v) is 0.837. The van der Waals surface area contributed by atoms with Crippen LogP contribution in [0.4, 0.5) is 5.69 Å². The zero-order chi connectivity index (χ0) is 9.30. The van der Waals surface area contributed by atoms with Crippen molar-refractivity contribution >= 4 is 11.6 Å². The molecule has 0 unspecified atom stereocenters. The van der Waals surface area contributed by atoms with Crippen LogP contribution in [0.2, 0.25) is 0 Å². The summed E-state index contributed by atoms with van der Waals surface area (Å²) in [6, 6.07) is -0.553. The number of aromatic nitrogens is 2. The van der Waals surface area contributed by atoms with E-state index in [1.807, 2.05) is 0 Å². The third-order valence-electron chi connectivity index (χ3n) is 1.65. The monoisotopic (exact) mass is 168 g/mol. The number of hydrogen-bond donors (Lipinski definition) is 2. The number of anilines is 1. The van der Waals surface area contributed by atoms with Crippen LogP contribution in [0.15, 0.2) is 6.20 Å². The van der Waals surface area contributed by atoms with Gasteiger partial charge in [0.05, 0.1) is 23.6 Å². The first-order valence-electron chi connectivity index (χ1n) is 3.64. The zero-order valence-corrected chi connectivity index (χ0v) is 7.11. The predicted octanol–water partition coefficient (Wildman–Crippen LogP) is -0.239. The Bertz CT molecular complexity index is 302. The molecule has 0 aliphatic rings. The van der Waals surface area contributed by atoms with Gasteiger partial charge in [-0.1, -0.05) is 0 Å². The van der Waals surface area contributed by atoms with E-state index in [9.17, 15) is 4.79 Å². The summed E-state index contributed by atoms with van der Waals surface area (Å²) in [5.41, 5.74) is 12.0. The van der Waals surface area contributed by atoms with Crippen LogP contribution in [0, 0.1) is 6.92 Å². The molecule has 1 atom stereocenters. The summed E-state index contributed by atoms with van der Waals surface area (Å²) in [5.74, 6) is -0.246. The van der Waals surface area contributed by atoms with Crippen LogP contribution in [-0.4, -0.2) is 21.7 Å². The lowest BCUT2D eigenvalue weighted by Crippen LogP contribution is -2.32. The summed E-state index contributed by atoms with van der Waals surface area (Å²) in [6.07, 6.45) is 1.44. The lowest BCUT2D eigenvalue weighted by molar-refractivity contribution is 0.0868. The summed E-state index contributed by atoms with van der Waals surface area (Å²) < 4.78 is 1.22. The molecule has 1 rings (SSSR count). The molecular formula is C7H12N4O. The summed E-state index contributed by atoms with van der Waals surface area (Å²) in [6.45, 7) is 3.34. The van der Waals surface area contributed by atoms with E-state index in [2.05, 4.69) is 5.10 Å². The third kappa shape index (κ3) is 1.31. The molecule has 0 saturated carbocycles. The number of rotatable bonds is 1. The van der Waals surface area contributed by atoms with E-state index in [1.165, 1.54) is 10.9 Å². The molecule has 0 aromatic carbocycles. The van der Waals surface area contributed by atoms with Gasteiger partial charge in [-0.3, -0.25) is 4.79 Å². The highest BCUT2D eigenvalue weighted by atomic mass is 16.2. The van der Waals surface area contributed by atoms with Crippen LogP contribution >= 0.6 is 0 Å². The first kappa shape index (κ1) is 8.73. The van der Waals surface area contributed by atoms with Gasteiger partial charge < -0.3 is 11.5 Å². The van der Waals surface area contributed by atoms with E-state index in [1.54, 1.807) is 13.8 Å². The van der Waals surface area contributed by atoms with Crippen LogP contribution in [0.1, 0.15) is 17.4 Å². The van der Waals surface area contributed by atoms with Gasteiger partial charge in [-0.25, -0.2) is 4.68 Å². The average molecular weight is 168 g/mol. The van der Waals surface area contributed by atoms with Crippen molar-refractivity contribution in [3.05, 3.63) is 11.9 Å². The molecule has 1 aromatic heterocycles. The van der Waals surface area contributed by atoms with E-state index in [0.29, 0.717) is 11.4 Å². The van der Waals surface area contributed by atoms with E-state index >= 15 is 0 Å². The minimum absolute atomic E-state index is 0.246. The molecule has 5 nitrogen and oxygen atoms in total. The second-order valence-corrected chi connectivity index (χ2v) is 2.72. The minimum atomic E-state index is -0.553. The Balaban J connectivity index is 3.04. The number of carbonyl (C=O) groups excluding carboxylic acids is 1. The molecule has 4 N–H and O–H groups in total. The Hall–Kier alpha value is -1.36. The molecule has 0 aliphatic heterocycles. The fourth-order valence-electron chi connectivity index (χ4n) is 0.837. The van der Waals surface area contributed by atoms with E-state index in [4.69, 9.17) is 11.5 Å². The molecule has 0 spiro atoms. The van der Waals surface area contributed by atoms with Crippen molar-refractivity contribution in [1.29, 1.82) is 0 Å². The first-order valence-corrected chi connectivity index (χ1v) is 3.64. The molecule has 0 aliphatic carbocycles. The molecule has 1 heterocycles. The molecule has 0 amide bonds. The highest BCUT2D eigenvalue weighted by Gasteiger charge is 2.14. The summed E-state index contributed by atoms with van der Waals surface area (Å²) >= 11 is 0. The second kappa shape index (κ2) is 2.94. The zero-order valence-electron chi connectivity index (χ0n) is 7.11. The van der Waals surface area contributed by atoms with Crippen LogP contribution in [0.3, 0.4) is 0 Å². The van der Waals surface area contributed by atoms with Gasteiger partial charge in [-0.05, 0) is 13.8 Å². The van der Waals surface area contributed by atoms with Gasteiger partial charge in [0.15, 0.2) is 0 Å². The van der Waals surface area contributed by atoms with Crippen molar-refractivity contribution in [1.82, 2.24) is 9.78 Å². The molecule has 66 valence electrons. The Morgan fingerprint density at radius 2 is 2.33 bits per heavy atom. The molecule has 0 radical (unpaired) electrons. The Labute approximate surface area is 70.3 Å². The molecule has 12 heavy (non-hydrogen) atoms. The third-order valence-corrected chi connectivity index (χ3v) is 1.65. The standard InChI is InChI=1S/C7H12N4O/c1-4(8)7(12)11-5(2)6(9)3-10-11/h3-4H,8-9H2,1-2H3/t4-/m0/s1. The van der Waals surface area contributed by atoms with Gasteiger partial charge in [0.1, 0.15) is 0 Å². The Morgan fingerprint density at radius 1 is 1.75 bits per heavy atom. The van der Waals surface area contributed by atoms with Crippen molar-refractivity contribution < 1.29 is 4.79 Å². The van der Waals surface area contributed by atoms with Crippen molar-refractivity contribution in [2.75, 3.05) is 5.73 Å².